The quantitative estimate of drug-likeness (QED) is 0.0282. The number of ether oxygens (including phenoxy) is 4. The molecule has 19 N–H and O–H groups in total. The minimum atomic E-state index is -5.76. The maximum absolute atomic E-state index is 14.2. The smallest absolute Gasteiger partial charge is 0.387 e. The minimum absolute atomic E-state index is 0.0166. The second-order valence-corrected chi connectivity index (χ2v) is 24.9. The highest BCUT2D eigenvalue weighted by molar-refractivity contribution is 7.48. The third kappa shape index (κ3) is 12.1. The summed E-state index contributed by atoms with van der Waals surface area (Å²) in [7, 11) is -20.2. The van der Waals surface area contributed by atoms with Gasteiger partial charge in [0.2, 0.25) is 11.9 Å². The number of anilines is 4. The van der Waals surface area contributed by atoms with Gasteiger partial charge in [-0.2, -0.15) is 9.97 Å². The molecule has 4 fully saturated rings. The molecular formula is C40H49N20O26P4+. The Balaban J connectivity index is 0.777. The monoisotopic (exact) mass is 1350 g/mol. The third-order valence-electron chi connectivity index (χ3n) is 14.4. The van der Waals surface area contributed by atoms with Crippen LogP contribution in [-0.2, 0) is 68.9 Å². The molecule has 484 valence electrons. The molecule has 4 unspecified atom stereocenters. The molecule has 4 aliphatic heterocycles. The Labute approximate surface area is 497 Å². The van der Waals surface area contributed by atoms with Crippen LogP contribution in [0.4, 0.5) is 23.5 Å². The Morgan fingerprint density at radius 3 is 1.20 bits per heavy atom. The Kier molecular flexibility index (Phi) is 17.0. The van der Waals surface area contributed by atoms with Crippen molar-refractivity contribution in [1.82, 2.24) is 78.1 Å². The van der Waals surface area contributed by atoms with Crippen molar-refractivity contribution < 1.29 is 114 Å². The van der Waals surface area contributed by atoms with Crippen LogP contribution in [0, 0.1) is 0 Å². The molecule has 8 aromatic rings. The number of H-pyrrole nitrogens is 2. The zero-order chi connectivity index (χ0) is 64.0. The van der Waals surface area contributed by atoms with Crippen molar-refractivity contribution in [1.29, 1.82) is 0 Å². The van der Waals surface area contributed by atoms with Crippen molar-refractivity contribution in [3.05, 3.63) is 58.7 Å². The highest BCUT2D eigenvalue weighted by atomic mass is 31.2. The topological polar surface area (TPSA) is 670 Å². The summed E-state index contributed by atoms with van der Waals surface area (Å²) in [5, 5.41) is 57.1. The van der Waals surface area contributed by atoms with E-state index in [1.165, 1.54) is 0 Å². The first-order chi connectivity index (χ1) is 42.7. The number of imidazole rings is 4. The number of hydrogen-bond donors (Lipinski definition) is 15. The van der Waals surface area contributed by atoms with E-state index in [2.05, 4.69) is 59.8 Å². The second kappa shape index (κ2) is 24.2. The molecule has 0 bridgehead atoms. The number of nitrogens with zero attached hydrogens (tertiary/aromatic N) is 14. The number of phosphoric ester groups is 3. The molecule has 12 heterocycles. The van der Waals surface area contributed by atoms with E-state index < -0.39 is 173 Å². The summed E-state index contributed by atoms with van der Waals surface area (Å²) in [6.07, 6.45) is -23.7. The first-order valence-corrected chi connectivity index (χ1v) is 31.4. The highest BCUT2D eigenvalue weighted by Gasteiger charge is 2.55. The van der Waals surface area contributed by atoms with Crippen LogP contribution < -0.4 is 34.1 Å². The van der Waals surface area contributed by atoms with Crippen LogP contribution in [0.5, 0.6) is 0 Å². The predicted molar refractivity (Wildman–Crippen MR) is 288 cm³/mol. The normalized spacial score (nSPS) is 31.1. The van der Waals surface area contributed by atoms with Crippen LogP contribution in [0.3, 0.4) is 0 Å². The molecule has 12 rings (SSSR count). The molecule has 0 aromatic carbocycles. The number of phosphoric acid groups is 3. The van der Waals surface area contributed by atoms with Crippen molar-refractivity contribution >= 4 is 99.9 Å². The Morgan fingerprint density at radius 1 is 0.478 bits per heavy atom. The van der Waals surface area contributed by atoms with E-state index in [1.807, 2.05) is 0 Å². The van der Waals surface area contributed by atoms with Gasteiger partial charge in [-0.25, -0.2) is 53.6 Å². The maximum atomic E-state index is 14.2. The zero-order valence-corrected chi connectivity index (χ0v) is 48.4. The molecule has 4 saturated heterocycles. The number of aliphatic hydroxyl groups is 5. The number of nitrogen functional groups attached to an aromatic ring is 4. The van der Waals surface area contributed by atoms with Gasteiger partial charge in [0.15, 0.2) is 70.2 Å². The average molecular weight is 1350 g/mol. The lowest BCUT2D eigenvalue weighted by molar-refractivity contribution is -0.0631. The number of nitrogens with one attached hydrogen (secondary N) is 2. The van der Waals surface area contributed by atoms with Crippen molar-refractivity contribution in [2.24, 2.45) is 0 Å². The SMILES string of the molecule is Nc1nc2c(ncn2[C@@H]2O[C@H](COP(=O)(O)O[C@H]3[C@@H](O)[C@H](n4cnc5c(=O)[nH]c(N)nc54)O[C@@H]3COP(=O)(O)O[C@H]3[C@@H](O)[C@H](n4cnc5c(N)ncnc54)O[C@@H]3COP(=O)(O)O[C@H]3[C@@H](O)[C@H](n4cnc5c(N)ncnc54)O[C@@H]3CO[P+](=O)O)[C@@H](O)[C@H]2O)c(=O)[nH]1. The summed E-state index contributed by atoms with van der Waals surface area (Å²) in [6, 6.07) is 0. The lowest BCUT2D eigenvalue weighted by Gasteiger charge is -2.26. The Hall–Kier alpha value is -7.01. The van der Waals surface area contributed by atoms with Gasteiger partial charge in [-0.15, -0.1) is 9.42 Å². The Morgan fingerprint density at radius 2 is 0.811 bits per heavy atom. The molecule has 46 nitrogen and oxygen atoms in total. The number of rotatable bonds is 22. The predicted octanol–water partition coefficient (Wildman–Crippen LogP) is -5.17. The van der Waals surface area contributed by atoms with Crippen molar-refractivity contribution in [3.63, 3.8) is 0 Å². The van der Waals surface area contributed by atoms with Gasteiger partial charge < -0.3 is 82.1 Å². The van der Waals surface area contributed by atoms with Gasteiger partial charge in [-0.1, -0.05) is 0 Å². The van der Waals surface area contributed by atoms with E-state index >= 15 is 0 Å². The summed E-state index contributed by atoms with van der Waals surface area (Å²) < 4.78 is 118. The van der Waals surface area contributed by atoms with Crippen molar-refractivity contribution in [3.8, 4) is 0 Å². The molecule has 8 aromatic heterocycles. The largest absolute Gasteiger partial charge is 0.694 e. The fourth-order valence-corrected chi connectivity index (χ4v) is 13.5. The van der Waals surface area contributed by atoms with E-state index in [1.54, 1.807) is 0 Å². The first kappa shape index (κ1) is 63.2. The second-order valence-electron chi connectivity index (χ2n) is 20.0. The number of aliphatic hydroxyl groups excluding tert-OH is 5. The number of nitrogens with two attached hydrogens (primary N) is 4. The lowest BCUT2D eigenvalue weighted by Crippen LogP contribution is -2.38. The summed E-state index contributed by atoms with van der Waals surface area (Å²) in [4.78, 5) is 113. The molecule has 0 amide bonds. The van der Waals surface area contributed by atoms with Gasteiger partial charge >= 0.3 is 31.7 Å². The molecule has 90 heavy (non-hydrogen) atoms. The lowest BCUT2D eigenvalue weighted by atomic mass is 10.1. The van der Waals surface area contributed by atoms with Crippen molar-refractivity contribution in [2.45, 2.75) is 98.2 Å². The van der Waals surface area contributed by atoms with Gasteiger partial charge in [0.25, 0.3) is 11.1 Å². The van der Waals surface area contributed by atoms with E-state index in [-0.39, 0.29) is 62.2 Å². The molecule has 4 aliphatic rings. The van der Waals surface area contributed by atoms with E-state index in [4.69, 9.17) is 73.5 Å². The summed E-state index contributed by atoms with van der Waals surface area (Å²) in [5.41, 5.74) is 20.7. The van der Waals surface area contributed by atoms with Crippen LogP contribution >= 0.6 is 31.7 Å². The number of hydrogen-bond acceptors (Lipinski definition) is 36. The minimum Gasteiger partial charge on any atom is -0.387 e. The first-order valence-electron chi connectivity index (χ1n) is 25.8. The van der Waals surface area contributed by atoms with Crippen LogP contribution in [-0.4, -0.2) is 223 Å². The standard InChI is InChI=1S/C40H48N20O26P4/c41-27-15-29(47-5-45-27)57(7-49-15)36-21(63)24(12(81-36)1-76-87(68)69)84-89(72,73)78-3-13-25(22(64)37(82-13)58-8-50-16-28(42)46-6-48-30(16)58)86-90(74,75)79-4-14-26(23(65)38(83-14)60-10-52-18-32(60)54-40(44)56-34(18)67)85-88(70,71)77-2-11-19(61)20(62)35(80-11)59-9-51-17-31(59)53-39(43)55-33(17)66/h5-14,19-26,35-38,61-65H,1-4H2,(H13-,41,42,43,44,45,46,47,48,53,54,55,56,66,67,68,69,70,71,72,73,74,75)/p+1/t11-,12-,13-,14-,19-,20-,21-,22-,23-,24-,25-,26-,35-,36-,37-,38-/m1/s1. The van der Waals surface area contributed by atoms with Crippen molar-refractivity contribution in [2.75, 3.05) is 49.4 Å². The maximum Gasteiger partial charge on any atom is 0.694 e. The van der Waals surface area contributed by atoms with Crippen LogP contribution in [0.1, 0.15) is 24.9 Å². The zero-order valence-electron chi connectivity index (χ0n) is 44.9. The van der Waals surface area contributed by atoms with Gasteiger partial charge in [0.1, 0.15) is 104 Å². The van der Waals surface area contributed by atoms with Gasteiger partial charge in [-0.05, 0) is 0 Å². The third-order valence-corrected chi connectivity index (χ3v) is 17.7. The summed E-state index contributed by atoms with van der Waals surface area (Å²) >= 11 is 0. The fraction of sp³-hybridized carbons (Fsp3) is 0.500. The van der Waals surface area contributed by atoms with E-state index in [9.17, 15) is 73.0 Å². The van der Waals surface area contributed by atoms with Crippen LogP contribution in [0.25, 0.3) is 44.7 Å². The number of aromatic amines is 2. The molecule has 0 saturated carbocycles. The molecule has 0 aliphatic carbocycles. The number of fused-ring (bicyclic) bond motifs is 4. The van der Waals surface area contributed by atoms with Gasteiger partial charge in [0.05, 0.1) is 45.1 Å². The summed E-state index contributed by atoms with van der Waals surface area (Å²) in [6.45, 7) is -4.34. The van der Waals surface area contributed by atoms with Crippen LogP contribution in [0.2, 0.25) is 0 Å². The van der Waals surface area contributed by atoms with Gasteiger partial charge in [-0.3, -0.25) is 65.0 Å². The number of aromatic nitrogens is 16. The van der Waals surface area contributed by atoms with E-state index in [0.29, 0.717) is 0 Å². The van der Waals surface area contributed by atoms with Gasteiger partial charge in [0, 0.05) is 4.57 Å². The summed E-state index contributed by atoms with van der Waals surface area (Å²) in [5.74, 6) is -0.977. The molecule has 0 spiro atoms. The molecule has 20 atom stereocenters. The molecule has 0 radical (unpaired) electrons. The fourth-order valence-electron chi connectivity index (χ4n) is 10.3. The highest BCUT2D eigenvalue weighted by Crippen LogP contribution is 2.54. The molecule has 50 heteroatoms. The van der Waals surface area contributed by atoms with E-state index in [0.717, 1.165) is 56.2 Å². The Bertz CT molecular complexity index is 4330. The molecular weight excluding hydrogens is 1300 g/mol. The average Bonchev–Trinajstić information content (AvgIpc) is 1.64. The van der Waals surface area contributed by atoms with Crippen LogP contribution in [0.15, 0.2) is 47.6 Å².